The molecule has 0 aromatic carbocycles. The molecule has 1 aromatic rings. The Morgan fingerprint density at radius 2 is 2.27 bits per heavy atom. The zero-order valence-electron chi connectivity index (χ0n) is 9.27. The summed E-state index contributed by atoms with van der Waals surface area (Å²) in [6.07, 6.45) is 0.479. The molecule has 0 aliphatic carbocycles. The first kappa shape index (κ1) is 11.6. The summed E-state index contributed by atoms with van der Waals surface area (Å²) in [5.74, 6) is 0.740. The van der Waals surface area contributed by atoms with Crippen molar-refractivity contribution in [2.24, 2.45) is 7.05 Å². The maximum atomic E-state index is 11.2. The van der Waals surface area contributed by atoms with E-state index in [0.29, 0.717) is 25.3 Å². The number of aryl methyl sites for hydroxylation is 1. The van der Waals surface area contributed by atoms with Gasteiger partial charge in [0.05, 0.1) is 13.6 Å². The summed E-state index contributed by atoms with van der Waals surface area (Å²) >= 11 is 0. The first-order chi connectivity index (χ1) is 7.09. The van der Waals surface area contributed by atoms with Gasteiger partial charge < -0.3 is 10.2 Å². The highest BCUT2D eigenvalue weighted by molar-refractivity contribution is 5.75. The van der Waals surface area contributed by atoms with E-state index in [9.17, 15) is 4.79 Å². The van der Waals surface area contributed by atoms with Crippen LogP contribution < -0.4 is 5.32 Å². The summed E-state index contributed by atoms with van der Waals surface area (Å²) in [5, 5.41) is 14.6. The van der Waals surface area contributed by atoms with E-state index in [1.54, 1.807) is 26.0 Å². The second-order valence-electron chi connectivity index (χ2n) is 3.41. The largest absolute Gasteiger partial charge is 0.349 e. The van der Waals surface area contributed by atoms with Crippen LogP contribution in [0.2, 0.25) is 0 Å². The van der Waals surface area contributed by atoms with Gasteiger partial charge >= 0.3 is 0 Å². The Hall–Kier alpha value is -1.50. The summed E-state index contributed by atoms with van der Waals surface area (Å²) in [6, 6.07) is 0. The van der Waals surface area contributed by atoms with Gasteiger partial charge in [-0.25, -0.2) is 0 Å². The number of tetrazole rings is 1. The van der Waals surface area contributed by atoms with E-state index in [-0.39, 0.29) is 5.91 Å². The molecule has 0 unspecified atom stereocenters. The highest BCUT2D eigenvalue weighted by atomic mass is 16.2. The summed E-state index contributed by atoms with van der Waals surface area (Å²) in [7, 11) is 5.20. The van der Waals surface area contributed by atoms with Gasteiger partial charge in [0.25, 0.3) is 0 Å². The van der Waals surface area contributed by atoms with Crippen molar-refractivity contribution in [3.8, 4) is 0 Å². The number of carbonyl (C=O) groups excluding carboxylic acids is 1. The first-order valence-corrected chi connectivity index (χ1v) is 4.73. The van der Waals surface area contributed by atoms with Crippen LogP contribution in [0.5, 0.6) is 0 Å². The maximum absolute atomic E-state index is 11.2. The number of hydrogen-bond acceptors (Lipinski definition) is 5. The van der Waals surface area contributed by atoms with E-state index < -0.39 is 0 Å². The average molecular weight is 212 g/mol. The van der Waals surface area contributed by atoms with Crippen molar-refractivity contribution in [3.05, 3.63) is 5.82 Å². The van der Waals surface area contributed by atoms with Gasteiger partial charge in [0.15, 0.2) is 5.82 Å². The Morgan fingerprint density at radius 1 is 1.53 bits per heavy atom. The van der Waals surface area contributed by atoms with Gasteiger partial charge in [-0.3, -0.25) is 4.79 Å². The summed E-state index contributed by atoms with van der Waals surface area (Å²) < 4.78 is 0. The Labute approximate surface area is 88.4 Å². The molecule has 84 valence electrons. The quantitative estimate of drug-likeness (QED) is 0.619. The van der Waals surface area contributed by atoms with Gasteiger partial charge in [-0.1, -0.05) is 0 Å². The highest BCUT2D eigenvalue weighted by Crippen LogP contribution is 1.87. The lowest BCUT2D eigenvalue weighted by molar-refractivity contribution is -0.128. The lowest BCUT2D eigenvalue weighted by atomic mass is 10.4. The van der Waals surface area contributed by atoms with E-state index in [1.807, 2.05) is 0 Å². The summed E-state index contributed by atoms with van der Waals surface area (Å²) in [6.45, 7) is 1.16. The third kappa shape index (κ3) is 4.03. The van der Waals surface area contributed by atoms with Gasteiger partial charge in [0.2, 0.25) is 5.91 Å². The number of hydrogen-bond donors (Lipinski definition) is 1. The first-order valence-electron chi connectivity index (χ1n) is 4.73. The number of carbonyl (C=O) groups is 1. The minimum absolute atomic E-state index is 0.106. The minimum Gasteiger partial charge on any atom is -0.349 e. The SMILES string of the molecule is CN(C)C(=O)CCNCc1nnn(C)n1. The number of aromatic nitrogens is 4. The van der Waals surface area contributed by atoms with Crippen LogP contribution in [0.4, 0.5) is 0 Å². The molecular weight excluding hydrogens is 196 g/mol. The third-order valence-electron chi connectivity index (χ3n) is 1.85. The smallest absolute Gasteiger partial charge is 0.223 e. The number of rotatable bonds is 5. The molecule has 0 saturated heterocycles. The van der Waals surface area contributed by atoms with E-state index in [1.165, 1.54) is 4.80 Å². The van der Waals surface area contributed by atoms with Crippen LogP contribution in [-0.2, 0) is 18.4 Å². The molecular formula is C8H16N6O. The molecule has 0 aliphatic heterocycles. The molecule has 0 saturated carbocycles. The number of amides is 1. The Bertz CT molecular complexity index is 321. The Morgan fingerprint density at radius 3 is 2.80 bits per heavy atom. The van der Waals surface area contributed by atoms with Crippen LogP contribution in [0.3, 0.4) is 0 Å². The second kappa shape index (κ2) is 5.40. The van der Waals surface area contributed by atoms with Crippen molar-refractivity contribution < 1.29 is 4.79 Å². The fourth-order valence-electron chi connectivity index (χ4n) is 1.01. The molecule has 1 N–H and O–H groups in total. The topological polar surface area (TPSA) is 75.9 Å². The van der Waals surface area contributed by atoms with Crippen LogP contribution >= 0.6 is 0 Å². The van der Waals surface area contributed by atoms with Crippen molar-refractivity contribution in [2.75, 3.05) is 20.6 Å². The molecule has 1 heterocycles. The molecule has 1 amide bonds. The van der Waals surface area contributed by atoms with Crippen molar-refractivity contribution >= 4 is 5.91 Å². The van der Waals surface area contributed by atoms with Crippen LogP contribution in [0.1, 0.15) is 12.2 Å². The lowest BCUT2D eigenvalue weighted by Crippen LogP contribution is -2.26. The number of nitrogens with zero attached hydrogens (tertiary/aromatic N) is 5. The van der Waals surface area contributed by atoms with Crippen LogP contribution in [0, 0.1) is 0 Å². The third-order valence-corrected chi connectivity index (χ3v) is 1.85. The van der Waals surface area contributed by atoms with E-state index in [0.717, 1.165) is 0 Å². The monoisotopic (exact) mass is 212 g/mol. The molecule has 15 heavy (non-hydrogen) atoms. The summed E-state index contributed by atoms with van der Waals surface area (Å²) in [5.41, 5.74) is 0. The molecule has 1 aromatic heterocycles. The second-order valence-corrected chi connectivity index (χ2v) is 3.41. The van der Waals surface area contributed by atoms with E-state index in [4.69, 9.17) is 0 Å². The van der Waals surface area contributed by atoms with Gasteiger partial charge in [-0.05, 0) is 5.21 Å². The zero-order valence-corrected chi connectivity index (χ0v) is 9.27. The molecule has 0 bridgehead atoms. The molecule has 0 spiro atoms. The van der Waals surface area contributed by atoms with E-state index >= 15 is 0 Å². The Balaban J connectivity index is 2.15. The molecule has 0 fully saturated rings. The van der Waals surface area contributed by atoms with Gasteiger partial charge in [0, 0.05) is 27.1 Å². The number of nitrogens with one attached hydrogen (secondary N) is 1. The normalized spacial score (nSPS) is 10.3. The fourth-order valence-corrected chi connectivity index (χ4v) is 1.01. The fraction of sp³-hybridized carbons (Fsp3) is 0.750. The van der Waals surface area contributed by atoms with E-state index in [2.05, 4.69) is 20.7 Å². The van der Waals surface area contributed by atoms with Crippen molar-refractivity contribution in [1.29, 1.82) is 0 Å². The van der Waals surface area contributed by atoms with Crippen LogP contribution in [0.25, 0.3) is 0 Å². The molecule has 0 atom stereocenters. The molecule has 0 radical (unpaired) electrons. The summed E-state index contributed by atoms with van der Waals surface area (Å²) in [4.78, 5) is 14.2. The highest BCUT2D eigenvalue weighted by Gasteiger charge is 2.03. The van der Waals surface area contributed by atoms with Gasteiger partial charge in [-0.2, -0.15) is 4.80 Å². The van der Waals surface area contributed by atoms with Crippen molar-refractivity contribution in [3.63, 3.8) is 0 Å². The van der Waals surface area contributed by atoms with Crippen molar-refractivity contribution in [1.82, 2.24) is 30.4 Å². The predicted octanol–water partition coefficient (Wildman–Crippen LogP) is -1.22. The minimum atomic E-state index is 0.106. The van der Waals surface area contributed by atoms with Crippen LogP contribution in [0.15, 0.2) is 0 Å². The van der Waals surface area contributed by atoms with Crippen LogP contribution in [-0.4, -0.2) is 51.7 Å². The van der Waals surface area contributed by atoms with Gasteiger partial charge in [-0.15, -0.1) is 10.2 Å². The Kier molecular flexibility index (Phi) is 4.17. The molecule has 7 nitrogen and oxygen atoms in total. The zero-order chi connectivity index (χ0) is 11.3. The molecule has 1 rings (SSSR count). The molecule has 7 heteroatoms. The standard InChI is InChI=1S/C8H16N6O/c1-13(2)8(15)4-5-9-6-7-10-12-14(3)11-7/h9H,4-6H2,1-3H3. The predicted molar refractivity (Wildman–Crippen MR) is 53.8 cm³/mol. The average Bonchev–Trinajstić information content (AvgIpc) is 2.58. The lowest BCUT2D eigenvalue weighted by Gasteiger charge is -2.09. The van der Waals surface area contributed by atoms with Gasteiger partial charge in [0.1, 0.15) is 0 Å². The van der Waals surface area contributed by atoms with Crippen molar-refractivity contribution in [2.45, 2.75) is 13.0 Å². The maximum Gasteiger partial charge on any atom is 0.223 e. The molecule has 0 aliphatic rings.